The number of hydrogen-bond acceptors (Lipinski definition) is 2. The maximum atomic E-state index is 6.40. The Balaban J connectivity index is 2.14. The first kappa shape index (κ1) is 16.1. The van der Waals surface area contributed by atoms with E-state index in [1.807, 2.05) is 36.4 Å². The van der Waals surface area contributed by atoms with Gasteiger partial charge >= 0.3 is 0 Å². The standard InChI is InChI=1S/C22H22O2/c1-4-8-20-18-10-6-7-11-19(18)21(9-5-2)24-22(20)16-12-14-17(23-3)15-13-16/h4-7,10-15,21H,1-2,8-9H2,3H3. The van der Waals surface area contributed by atoms with Crippen molar-refractivity contribution >= 4 is 11.3 Å². The highest BCUT2D eigenvalue weighted by atomic mass is 16.5. The molecule has 2 heteroatoms. The van der Waals surface area contributed by atoms with Crippen molar-refractivity contribution in [3.8, 4) is 5.75 Å². The lowest BCUT2D eigenvalue weighted by Gasteiger charge is -2.30. The molecule has 1 heterocycles. The fourth-order valence-electron chi connectivity index (χ4n) is 3.11. The summed E-state index contributed by atoms with van der Waals surface area (Å²) in [5.41, 5.74) is 4.68. The van der Waals surface area contributed by atoms with Crippen LogP contribution in [0.15, 0.2) is 73.8 Å². The van der Waals surface area contributed by atoms with Gasteiger partial charge in [0.25, 0.3) is 0 Å². The zero-order chi connectivity index (χ0) is 16.9. The van der Waals surface area contributed by atoms with E-state index in [0.717, 1.165) is 29.9 Å². The van der Waals surface area contributed by atoms with Gasteiger partial charge in [0.2, 0.25) is 0 Å². The largest absolute Gasteiger partial charge is 0.497 e. The van der Waals surface area contributed by atoms with Gasteiger partial charge in [-0.1, -0.05) is 36.4 Å². The average Bonchev–Trinajstić information content (AvgIpc) is 2.64. The van der Waals surface area contributed by atoms with Crippen LogP contribution in [0.2, 0.25) is 0 Å². The Bertz CT molecular complexity index is 769. The van der Waals surface area contributed by atoms with Gasteiger partial charge in [-0.25, -0.2) is 0 Å². The Morgan fingerprint density at radius 1 is 1.04 bits per heavy atom. The second kappa shape index (κ2) is 7.22. The molecule has 2 aromatic carbocycles. The van der Waals surface area contributed by atoms with Crippen molar-refractivity contribution in [2.45, 2.75) is 18.9 Å². The Labute approximate surface area is 143 Å². The highest BCUT2D eigenvalue weighted by molar-refractivity contribution is 5.90. The quantitative estimate of drug-likeness (QED) is 0.628. The molecule has 0 aliphatic carbocycles. The van der Waals surface area contributed by atoms with E-state index in [4.69, 9.17) is 9.47 Å². The van der Waals surface area contributed by atoms with Crippen LogP contribution in [0.3, 0.4) is 0 Å². The van der Waals surface area contributed by atoms with E-state index < -0.39 is 0 Å². The summed E-state index contributed by atoms with van der Waals surface area (Å²) in [7, 11) is 1.67. The Kier molecular flexibility index (Phi) is 4.85. The monoisotopic (exact) mass is 318 g/mol. The number of rotatable bonds is 6. The van der Waals surface area contributed by atoms with Crippen molar-refractivity contribution in [1.29, 1.82) is 0 Å². The van der Waals surface area contributed by atoms with Crippen LogP contribution in [0.5, 0.6) is 5.75 Å². The van der Waals surface area contributed by atoms with Gasteiger partial charge in [0.05, 0.1) is 7.11 Å². The van der Waals surface area contributed by atoms with Gasteiger partial charge in [0, 0.05) is 23.1 Å². The van der Waals surface area contributed by atoms with E-state index in [-0.39, 0.29) is 6.10 Å². The van der Waals surface area contributed by atoms with Crippen molar-refractivity contribution in [1.82, 2.24) is 0 Å². The van der Waals surface area contributed by atoms with Crippen molar-refractivity contribution in [2.75, 3.05) is 7.11 Å². The molecular weight excluding hydrogens is 296 g/mol. The zero-order valence-corrected chi connectivity index (χ0v) is 14.0. The molecule has 0 N–H and O–H groups in total. The highest BCUT2D eigenvalue weighted by Crippen LogP contribution is 2.43. The second-order valence-corrected chi connectivity index (χ2v) is 5.75. The lowest BCUT2D eigenvalue weighted by Crippen LogP contribution is -2.13. The summed E-state index contributed by atoms with van der Waals surface area (Å²) in [6.07, 6.45) is 5.36. The van der Waals surface area contributed by atoms with Crippen LogP contribution < -0.4 is 4.74 Å². The fraction of sp³-hybridized carbons (Fsp3) is 0.182. The molecule has 0 bridgehead atoms. The molecule has 2 nitrogen and oxygen atoms in total. The van der Waals surface area contributed by atoms with E-state index in [1.165, 1.54) is 16.7 Å². The molecule has 3 rings (SSSR count). The third-order valence-corrected chi connectivity index (χ3v) is 4.25. The van der Waals surface area contributed by atoms with Crippen LogP contribution in [0.1, 0.15) is 35.6 Å². The normalized spacial score (nSPS) is 16.1. The third kappa shape index (κ3) is 3.00. The summed E-state index contributed by atoms with van der Waals surface area (Å²) in [6, 6.07) is 16.4. The van der Waals surface area contributed by atoms with Crippen molar-refractivity contribution < 1.29 is 9.47 Å². The lowest BCUT2D eigenvalue weighted by atomic mass is 9.88. The molecule has 0 spiro atoms. The van der Waals surface area contributed by atoms with Crippen LogP contribution >= 0.6 is 0 Å². The molecular formula is C22H22O2. The van der Waals surface area contributed by atoms with Crippen LogP contribution in [-0.4, -0.2) is 7.11 Å². The molecule has 2 aromatic rings. The van der Waals surface area contributed by atoms with E-state index in [2.05, 4.69) is 37.4 Å². The van der Waals surface area contributed by atoms with Gasteiger partial charge in [-0.05, 0) is 36.2 Å². The number of methoxy groups -OCH3 is 1. The highest BCUT2D eigenvalue weighted by Gasteiger charge is 2.27. The molecule has 1 aliphatic rings. The number of benzene rings is 2. The minimum absolute atomic E-state index is 0.00985. The van der Waals surface area contributed by atoms with Crippen LogP contribution in [0, 0.1) is 0 Å². The Morgan fingerprint density at radius 3 is 2.46 bits per heavy atom. The molecule has 0 fully saturated rings. The molecule has 0 radical (unpaired) electrons. The van der Waals surface area contributed by atoms with E-state index in [9.17, 15) is 0 Å². The third-order valence-electron chi connectivity index (χ3n) is 4.25. The van der Waals surface area contributed by atoms with Crippen molar-refractivity contribution in [3.63, 3.8) is 0 Å². The summed E-state index contributed by atoms with van der Waals surface area (Å²) >= 11 is 0. The molecule has 0 saturated carbocycles. The van der Waals surface area contributed by atoms with Gasteiger partial charge in [-0.3, -0.25) is 0 Å². The number of hydrogen-bond donors (Lipinski definition) is 0. The minimum atomic E-state index is -0.00985. The first-order valence-corrected chi connectivity index (χ1v) is 8.13. The summed E-state index contributed by atoms with van der Waals surface area (Å²) < 4.78 is 11.7. The average molecular weight is 318 g/mol. The molecule has 24 heavy (non-hydrogen) atoms. The molecule has 122 valence electrons. The smallest absolute Gasteiger partial charge is 0.131 e. The molecule has 0 saturated heterocycles. The molecule has 1 atom stereocenters. The minimum Gasteiger partial charge on any atom is -0.497 e. The first-order valence-electron chi connectivity index (χ1n) is 8.13. The van der Waals surface area contributed by atoms with Gasteiger partial charge in [0.1, 0.15) is 17.6 Å². The van der Waals surface area contributed by atoms with Crippen molar-refractivity contribution in [3.05, 3.63) is 90.5 Å². The van der Waals surface area contributed by atoms with Crippen LogP contribution in [-0.2, 0) is 4.74 Å². The number of fused-ring (bicyclic) bond motifs is 1. The van der Waals surface area contributed by atoms with Gasteiger partial charge < -0.3 is 9.47 Å². The molecule has 1 unspecified atom stereocenters. The summed E-state index contributed by atoms with van der Waals surface area (Å²) in [4.78, 5) is 0. The Hall–Kier alpha value is -2.74. The van der Waals surface area contributed by atoms with Crippen LogP contribution in [0.25, 0.3) is 11.3 Å². The van der Waals surface area contributed by atoms with Crippen LogP contribution in [0.4, 0.5) is 0 Å². The zero-order valence-electron chi connectivity index (χ0n) is 14.0. The lowest BCUT2D eigenvalue weighted by molar-refractivity contribution is 0.168. The van der Waals surface area contributed by atoms with E-state index in [1.54, 1.807) is 7.11 Å². The number of ether oxygens (including phenoxy) is 2. The summed E-state index contributed by atoms with van der Waals surface area (Å²) in [5.74, 6) is 1.76. The van der Waals surface area contributed by atoms with Gasteiger partial charge in [-0.15, -0.1) is 13.2 Å². The molecule has 1 aliphatic heterocycles. The topological polar surface area (TPSA) is 18.5 Å². The maximum absolute atomic E-state index is 6.40. The van der Waals surface area contributed by atoms with Gasteiger partial charge in [0.15, 0.2) is 0 Å². The predicted molar refractivity (Wildman–Crippen MR) is 99.7 cm³/mol. The predicted octanol–water partition coefficient (Wildman–Crippen LogP) is 5.79. The van der Waals surface area contributed by atoms with Crippen molar-refractivity contribution in [2.24, 2.45) is 0 Å². The summed E-state index contributed by atoms with van der Waals surface area (Å²) in [6.45, 7) is 7.79. The molecule has 0 aromatic heterocycles. The second-order valence-electron chi connectivity index (χ2n) is 5.75. The maximum Gasteiger partial charge on any atom is 0.131 e. The van der Waals surface area contributed by atoms with E-state index >= 15 is 0 Å². The Morgan fingerprint density at radius 2 is 1.79 bits per heavy atom. The molecule has 0 amide bonds. The van der Waals surface area contributed by atoms with Gasteiger partial charge in [-0.2, -0.15) is 0 Å². The fourth-order valence-corrected chi connectivity index (χ4v) is 3.11. The first-order chi connectivity index (χ1) is 11.8. The summed E-state index contributed by atoms with van der Waals surface area (Å²) in [5, 5.41) is 0. The van der Waals surface area contributed by atoms with E-state index in [0.29, 0.717) is 0 Å². The number of allylic oxidation sites excluding steroid dienone is 2. The SMILES string of the molecule is C=CCC1=C(c2ccc(OC)cc2)OC(CC=C)c2ccccc21.